The molecule has 0 bridgehead atoms. The van der Waals surface area contributed by atoms with Crippen LogP contribution < -0.4 is 4.90 Å². The number of piperidine rings is 1. The molecule has 0 aliphatic carbocycles. The van der Waals surface area contributed by atoms with Gasteiger partial charge >= 0.3 is 0 Å². The largest absolute Gasteiger partial charge is 0.378 e. The second-order valence-electron chi connectivity index (χ2n) is 6.57. The Hall–Kier alpha value is -1.69. The van der Waals surface area contributed by atoms with Gasteiger partial charge in [0.15, 0.2) is 0 Å². The van der Waals surface area contributed by atoms with Crippen molar-refractivity contribution < 1.29 is 4.74 Å². The van der Waals surface area contributed by atoms with Gasteiger partial charge in [0.1, 0.15) is 12.1 Å². The Balaban J connectivity index is 1.80. The number of anilines is 1. The smallest absolute Gasteiger partial charge is 0.254 e. The summed E-state index contributed by atoms with van der Waals surface area (Å²) in [4.78, 5) is 11.1. The first-order chi connectivity index (χ1) is 10.7. The molecule has 0 unspecified atom stereocenters. The summed E-state index contributed by atoms with van der Waals surface area (Å²) in [6, 6.07) is 2.08. The number of rotatable bonds is 5. The summed E-state index contributed by atoms with van der Waals surface area (Å²) in [5, 5.41) is 4.32. The average molecular weight is 303 g/mol. The summed E-state index contributed by atoms with van der Waals surface area (Å²) in [5.41, 5.74) is 0.905. The van der Waals surface area contributed by atoms with Gasteiger partial charge in [0.25, 0.3) is 5.78 Å². The molecule has 1 aliphatic rings. The van der Waals surface area contributed by atoms with Gasteiger partial charge in [0, 0.05) is 26.3 Å². The highest BCUT2D eigenvalue weighted by Gasteiger charge is 2.22. The van der Waals surface area contributed by atoms with Crippen LogP contribution in [0, 0.1) is 11.8 Å². The summed E-state index contributed by atoms with van der Waals surface area (Å²) in [5.74, 6) is 3.36. The van der Waals surface area contributed by atoms with Crippen LogP contribution in [-0.2, 0) is 11.3 Å². The molecule has 3 rings (SSSR count). The molecule has 0 radical (unpaired) electrons. The first kappa shape index (κ1) is 15.2. The maximum absolute atomic E-state index is 5.22. The van der Waals surface area contributed by atoms with Gasteiger partial charge in [-0.2, -0.15) is 14.6 Å². The lowest BCUT2D eigenvalue weighted by molar-refractivity contribution is 0.181. The first-order valence-electron chi connectivity index (χ1n) is 8.11. The maximum atomic E-state index is 5.22. The summed E-state index contributed by atoms with van der Waals surface area (Å²) in [7, 11) is 1.69. The van der Waals surface area contributed by atoms with Crippen LogP contribution in [0.1, 0.15) is 38.8 Å². The Morgan fingerprint density at radius 2 is 2.09 bits per heavy atom. The fourth-order valence-corrected chi connectivity index (χ4v) is 3.36. The van der Waals surface area contributed by atoms with E-state index in [9.17, 15) is 0 Å². The summed E-state index contributed by atoms with van der Waals surface area (Å²) in [6.07, 6.45) is 5.39. The van der Waals surface area contributed by atoms with Crippen LogP contribution in [0.15, 0.2) is 12.4 Å². The number of hydrogen-bond donors (Lipinski definition) is 0. The van der Waals surface area contributed by atoms with E-state index in [1.54, 1.807) is 13.4 Å². The SMILES string of the molecule is COCc1cc(N2CCC(CC(C)C)CC2)n2ncnc2n1. The van der Waals surface area contributed by atoms with E-state index in [0.29, 0.717) is 12.4 Å². The zero-order valence-corrected chi connectivity index (χ0v) is 13.7. The van der Waals surface area contributed by atoms with Gasteiger partial charge in [-0.15, -0.1) is 0 Å². The van der Waals surface area contributed by atoms with Crippen molar-refractivity contribution in [3.63, 3.8) is 0 Å². The van der Waals surface area contributed by atoms with Gasteiger partial charge in [-0.25, -0.2) is 4.98 Å². The third-order valence-corrected chi connectivity index (χ3v) is 4.32. The van der Waals surface area contributed by atoms with Crippen molar-refractivity contribution in [1.82, 2.24) is 19.6 Å². The molecule has 0 aromatic carbocycles. The minimum Gasteiger partial charge on any atom is -0.378 e. The topological polar surface area (TPSA) is 55.6 Å². The highest BCUT2D eigenvalue weighted by Crippen LogP contribution is 2.27. The highest BCUT2D eigenvalue weighted by molar-refractivity contribution is 5.47. The monoisotopic (exact) mass is 303 g/mol. The molecule has 6 heteroatoms. The lowest BCUT2D eigenvalue weighted by atomic mass is 9.88. The zero-order chi connectivity index (χ0) is 15.5. The van der Waals surface area contributed by atoms with Gasteiger partial charge in [-0.3, -0.25) is 0 Å². The van der Waals surface area contributed by atoms with Crippen LogP contribution in [0.25, 0.3) is 5.78 Å². The average Bonchev–Trinajstić information content (AvgIpc) is 2.95. The molecule has 1 saturated heterocycles. The van der Waals surface area contributed by atoms with Crippen molar-refractivity contribution >= 4 is 11.6 Å². The van der Waals surface area contributed by atoms with Crippen molar-refractivity contribution in [2.45, 2.75) is 39.7 Å². The molecule has 0 atom stereocenters. The lowest BCUT2D eigenvalue weighted by Gasteiger charge is -2.34. The molecule has 2 aromatic heterocycles. The van der Waals surface area contributed by atoms with Gasteiger partial charge in [-0.1, -0.05) is 13.8 Å². The zero-order valence-electron chi connectivity index (χ0n) is 13.7. The lowest BCUT2D eigenvalue weighted by Crippen LogP contribution is -2.35. The van der Waals surface area contributed by atoms with Crippen molar-refractivity contribution in [3.8, 4) is 0 Å². The number of nitrogens with zero attached hydrogens (tertiary/aromatic N) is 5. The molecule has 1 fully saturated rings. The number of methoxy groups -OCH3 is 1. The van der Waals surface area contributed by atoms with Gasteiger partial charge in [0.2, 0.25) is 0 Å². The number of hydrogen-bond acceptors (Lipinski definition) is 5. The molecule has 120 valence electrons. The fourth-order valence-electron chi connectivity index (χ4n) is 3.36. The van der Waals surface area contributed by atoms with E-state index in [2.05, 4.69) is 39.9 Å². The first-order valence-corrected chi connectivity index (χ1v) is 8.11. The van der Waals surface area contributed by atoms with E-state index in [4.69, 9.17) is 4.74 Å². The predicted octanol–water partition coefficient (Wildman–Crippen LogP) is 2.53. The van der Waals surface area contributed by atoms with Crippen LogP contribution in [0.4, 0.5) is 5.82 Å². The maximum Gasteiger partial charge on any atom is 0.254 e. The van der Waals surface area contributed by atoms with Gasteiger partial charge in [-0.05, 0) is 31.1 Å². The molecule has 3 heterocycles. The summed E-state index contributed by atoms with van der Waals surface area (Å²) < 4.78 is 7.05. The van der Waals surface area contributed by atoms with E-state index in [1.165, 1.54) is 19.3 Å². The molecule has 0 amide bonds. The minimum atomic E-state index is 0.500. The minimum absolute atomic E-state index is 0.500. The summed E-state index contributed by atoms with van der Waals surface area (Å²) in [6.45, 7) is 7.27. The third kappa shape index (κ3) is 3.21. The predicted molar refractivity (Wildman–Crippen MR) is 85.9 cm³/mol. The second kappa shape index (κ2) is 6.60. The van der Waals surface area contributed by atoms with Crippen molar-refractivity contribution in [2.24, 2.45) is 11.8 Å². The quantitative estimate of drug-likeness (QED) is 0.849. The molecule has 1 aliphatic heterocycles. The van der Waals surface area contributed by atoms with E-state index < -0.39 is 0 Å². The van der Waals surface area contributed by atoms with Crippen LogP contribution in [0.3, 0.4) is 0 Å². The molecule has 6 nitrogen and oxygen atoms in total. The standard InChI is InChI=1S/C16H25N5O/c1-12(2)8-13-4-6-20(7-5-13)15-9-14(10-22-3)19-16-17-11-18-21(15)16/h9,11-13H,4-8,10H2,1-3H3. The van der Waals surface area contributed by atoms with Crippen molar-refractivity contribution in [3.05, 3.63) is 18.1 Å². The van der Waals surface area contributed by atoms with Crippen LogP contribution in [0.5, 0.6) is 0 Å². The summed E-state index contributed by atoms with van der Waals surface area (Å²) >= 11 is 0. The van der Waals surface area contributed by atoms with Gasteiger partial charge < -0.3 is 9.64 Å². The molecular formula is C16H25N5O. The van der Waals surface area contributed by atoms with E-state index in [1.807, 2.05) is 4.52 Å². The number of ether oxygens (including phenoxy) is 1. The molecule has 2 aromatic rings. The molecule has 22 heavy (non-hydrogen) atoms. The molecule has 0 spiro atoms. The Labute approximate surface area is 131 Å². The molecule has 0 saturated carbocycles. The van der Waals surface area contributed by atoms with Crippen LogP contribution >= 0.6 is 0 Å². The van der Waals surface area contributed by atoms with Crippen LogP contribution in [0.2, 0.25) is 0 Å². The molecule has 0 N–H and O–H groups in total. The molecular weight excluding hydrogens is 278 g/mol. The Morgan fingerprint density at radius 3 is 2.77 bits per heavy atom. The van der Waals surface area contributed by atoms with E-state index in [0.717, 1.165) is 36.4 Å². The Kier molecular flexibility index (Phi) is 4.57. The normalized spacial score (nSPS) is 16.8. The Morgan fingerprint density at radius 1 is 1.32 bits per heavy atom. The van der Waals surface area contributed by atoms with Crippen LogP contribution in [-0.4, -0.2) is 39.8 Å². The number of aromatic nitrogens is 4. The highest BCUT2D eigenvalue weighted by atomic mass is 16.5. The van der Waals surface area contributed by atoms with Gasteiger partial charge in [0.05, 0.1) is 12.3 Å². The fraction of sp³-hybridized carbons (Fsp3) is 0.688. The third-order valence-electron chi connectivity index (χ3n) is 4.32. The van der Waals surface area contributed by atoms with E-state index >= 15 is 0 Å². The van der Waals surface area contributed by atoms with E-state index in [-0.39, 0.29) is 0 Å². The van der Waals surface area contributed by atoms with Crippen molar-refractivity contribution in [1.29, 1.82) is 0 Å². The number of fused-ring (bicyclic) bond motifs is 1. The second-order valence-corrected chi connectivity index (χ2v) is 6.57. The van der Waals surface area contributed by atoms with Crippen molar-refractivity contribution in [2.75, 3.05) is 25.1 Å². The Bertz CT molecular complexity index is 616.